The quantitative estimate of drug-likeness (QED) is 0.794. The van der Waals surface area contributed by atoms with Crippen molar-refractivity contribution in [1.82, 2.24) is 0 Å². The minimum Gasteiger partial charge on any atom is -0.384 e. The summed E-state index contributed by atoms with van der Waals surface area (Å²) in [6, 6.07) is 9.29. The van der Waals surface area contributed by atoms with Crippen LogP contribution in [0.5, 0.6) is 0 Å². The van der Waals surface area contributed by atoms with Gasteiger partial charge in [-0.3, -0.25) is 0 Å². The van der Waals surface area contributed by atoms with E-state index in [4.69, 9.17) is 22.1 Å². The predicted octanol–water partition coefficient (Wildman–Crippen LogP) is 3.32. The molecule has 3 nitrogen and oxygen atoms in total. The molecule has 0 amide bonds. The predicted molar refractivity (Wildman–Crippen MR) is 64.1 cm³/mol. The summed E-state index contributed by atoms with van der Waals surface area (Å²) in [5.41, 5.74) is 1.39. The zero-order valence-corrected chi connectivity index (χ0v) is 9.59. The lowest BCUT2D eigenvalue weighted by molar-refractivity contribution is 0.785. The maximum atomic E-state index is 8.67. The van der Waals surface area contributed by atoms with E-state index in [0.29, 0.717) is 17.0 Å². The van der Waals surface area contributed by atoms with Gasteiger partial charge in [0.05, 0.1) is 28.4 Å². The van der Waals surface area contributed by atoms with Crippen LogP contribution < -0.4 is 5.32 Å². The highest BCUT2D eigenvalue weighted by Gasteiger charge is 2.00. The van der Waals surface area contributed by atoms with E-state index < -0.39 is 0 Å². The van der Waals surface area contributed by atoms with Crippen molar-refractivity contribution in [3.05, 3.63) is 28.8 Å². The first-order valence-corrected chi connectivity index (χ1v) is 5.46. The number of rotatable bonds is 5. The van der Waals surface area contributed by atoms with Gasteiger partial charge in [0.1, 0.15) is 0 Å². The second-order valence-corrected chi connectivity index (χ2v) is 3.76. The van der Waals surface area contributed by atoms with Gasteiger partial charge in [0, 0.05) is 13.0 Å². The molecule has 0 spiro atoms. The molecule has 4 heteroatoms. The van der Waals surface area contributed by atoms with Crippen molar-refractivity contribution < 1.29 is 0 Å². The third-order valence-corrected chi connectivity index (χ3v) is 2.44. The number of hydrogen-bond donors (Lipinski definition) is 1. The Morgan fingerprint density at radius 1 is 1.25 bits per heavy atom. The van der Waals surface area contributed by atoms with Crippen LogP contribution in [0, 0.1) is 22.7 Å². The molecule has 0 unspecified atom stereocenters. The van der Waals surface area contributed by atoms with Crippen LogP contribution in [0.25, 0.3) is 0 Å². The first-order chi connectivity index (χ1) is 7.77. The smallest absolute Gasteiger partial charge is 0.0992 e. The number of hydrogen-bond acceptors (Lipinski definition) is 3. The topological polar surface area (TPSA) is 59.6 Å². The fourth-order valence-electron chi connectivity index (χ4n) is 1.28. The summed E-state index contributed by atoms with van der Waals surface area (Å²) in [6.07, 6.45) is 2.41. The average Bonchev–Trinajstić information content (AvgIpc) is 2.30. The number of nitrogens with one attached hydrogen (secondary N) is 1. The minimum atomic E-state index is 0.555. The van der Waals surface area contributed by atoms with Gasteiger partial charge in [-0.2, -0.15) is 10.5 Å². The molecular weight excluding hydrogens is 222 g/mol. The Labute approximate surface area is 100 Å². The second kappa shape index (κ2) is 6.71. The van der Waals surface area contributed by atoms with Crippen LogP contribution in [0.3, 0.4) is 0 Å². The standard InChI is InChI=1S/C12H12ClN3/c13-11-8-10(9-15)4-5-12(11)16-7-3-1-2-6-14/h4-5,8,16H,1-3,7H2. The Morgan fingerprint density at radius 3 is 2.69 bits per heavy atom. The summed E-state index contributed by atoms with van der Waals surface area (Å²) in [5, 5.41) is 20.8. The Kier molecular flexibility index (Phi) is 5.19. The van der Waals surface area contributed by atoms with E-state index in [0.717, 1.165) is 25.1 Å². The molecule has 0 saturated carbocycles. The average molecular weight is 234 g/mol. The number of anilines is 1. The lowest BCUT2D eigenvalue weighted by Gasteiger charge is -2.07. The number of nitriles is 2. The van der Waals surface area contributed by atoms with Crippen molar-refractivity contribution in [2.24, 2.45) is 0 Å². The fraction of sp³-hybridized carbons (Fsp3) is 0.333. The van der Waals surface area contributed by atoms with Crippen molar-refractivity contribution in [2.75, 3.05) is 11.9 Å². The normalized spacial score (nSPS) is 9.19. The monoisotopic (exact) mass is 233 g/mol. The molecule has 1 N–H and O–H groups in total. The van der Waals surface area contributed by atoms with Crippen molar-refractivity contribution in [3.63, 3.8) is 0 Å². The highest BCUT2D eigenvalue weighted by atomic mass is 35.5. The van der Waals surface area contributed by atoms with Gasteiger partial charge in [-0.15, -0.1) is 0 Å². The zero-order chi connectivity index (χ0) is 11.8. The third kappa shape index (κ3) is 3.81. The van der Waals surface area contributed by atoms with E-state index in [9.17, 15) is 0 Å². The molecule has 0 atom stereocenters. The largest absolute Gasteiger partial charge is 0.384 e. The molecule has 16 heavy (non-hydrogen) atoms. The molecular formula is C12H12ClN3. The summed E-state index contributed by atoms with van der Waals surface area (Å²) in [6.45, 7) is 0.785. The summed E-state index contributed by atoms with van der Waals surface area (Å²) >= 11 is 5.98. The van der Waals surface area contributed by atoms with E-state index in [2.05, 4.69) is 11.4 Å². The van der Waals surface area contributed by atoms with E-state index in [1.54, 1.807) is 18.2 Å². The molecule has 1 aromatic rings. The lowest BCUT2D eigenvalue weighted by Crippen LogP contribution is -2.01. The molecule has 0 fully saturated rings. The fourth-order valence-corrected chi connectivity index (χ4v) is 1.53. The molecule has 0 radical (unpaired) electrons. The Balaban J connectivity index is 2.43. The van der Waals surface area contributed by atoms with Gasteiger partial charge in [-0.1, -0.05) is 11.6 Å². The minimum absolute atomic E-state index is 0.555. The van der Waals surface area contributed by atoms with E-state index >= 15 is 0 Å². The van der Waals surface area contributed by atoms with Crippen LogP contribution in [-0.2, 0) is 0 Å². The van der Waals surface area contributed by atoms with Gasteiger partial charge >= 0.3 is 0 Å². The van der Waals surface area contributed by atoms with Gasteiger partial charge in [0.2, 0.25) is 0 Å². The van der Waals surface area contributed by atoms with E-state index in [-0.39, 0.29) is 0 Å². The van der Waals surface area contributed by atoms with Gasteiger partial charge in [-0.05, 0) is 31.0 Å². The first-order valence-electron chi connectivity index (χ1n) is 5.08. The molecule has 82 valence electrons. The number of benzene rings is 1. The van der Waals surface area contributed by atoms with Crippen molar-refractivity contribution in [1.29, 1.82) is 10.5 Å². The number of nitrogens with zero attached hydrogens (tertiary/aromatic N) is 2. The molecule has 0 aromatic heterocycles. The zero-order valence-electron chi connectivity index (χ0n) is 8.83. The van der Waals surface area contributed by atoms with Crippen LogP contribution in [-0.4, -0.2) is 6.54 Å². The summed E-state index contributed by atoms with van der Waals surface area (Å²) in [7, 11) is 0. The molecule has 0 aliphatic heterocycles. The molecule has 1 aromatic carbocycles. The van der Waals surface area contributed by atoms with Crippen molar-refractivity contribution >= 4 is 17.3 Å². The van der Waals surface area contributed by atoms with Crippen LogP contribution in [0.1, 0.15) is 24.8 Å². The lowest BCUT2D eigenvalue weighted by atomic mass is 10.2. The Morgan fingerprint density at radius 2 is 2.06 bits per heavy atom. The second-order valence-electron chi connectivity index (χ2n) is 3.35. The maximum Gasteiger partial charge on any atom is 0.0992 e. The summed E-state index contributed by atoms with van der Waals surface area (Å²) in [4.78, 5) is 0. The van der Waals surface area contributed by atoms with Crippen LogP contribution in [0.15, 0.2) is 18.2 Å². The molecule has 1 rings (SSSR count). The molecule has 0 bridgehead atoms. The van der Waals surface area contributed by atoms with Crippen LogP contribution >= 0.6 is 11.6 Å². The first kappa shape index (κ1) is 12.4. The van der Waals surface area contributed by atoms with Gasteiger partial charge in [0.15, 0.2) is 0 Å². The third-order valence-electron chi connectivity index (χ3n) is 2.13. The summed E-state index contributed by atoms with van der Waals surface area (Å²) in [5.74, 6) is 0. The van der Waals surface area contributed by atoms with Crippen LogP contribution in [0.2, 0.25) is 5.02 Å². The van der Waals surface area contributed by atoms with Gasteiger partial charge < -0.3 is 5.32 Å². The van der Waals surface area contributed by atoms with Crippen LogP contribution in [0.4, 0.5) is 5.69 Å². The van der Waals surface area contributed by atoms with E-state index in [1.807, 2.05) is 6.07 Å². The van der Waals surface area contributed by atoms with Gasteiger partial charge in [-0.25, -0.2) is 0 Å². The highest BCUT2D eigenvalue weighted by Crippen LogP contribution is 2.22. The molecule has 0 saturated heterocycles. The highest BCUT2D eigenvalue weighted by molar-refractivity contribution is 6.33. The Bertz CT molecular complexity index is 429. The molecule has 0 heterocycles. The molecule has 0 aliphatic rings. The maximum absolute atomic E-state index is 8.67. The van der Waals surface area contributed by atoms with Crippen molar-refractivity contribution in [3.8, 4) is 12.1 Å². The van der Waals surface area contributed by atoms with Crippen molar-refractivity contribution in [2.45, 2.75) is 19.3 Å². The number of halogens is 1. The Hall–Kier alpha value is -1.71. The SMILES string of the molecule is N#CCCCCNc1ccc(C#N)cc1Cl. The molecule has 0 aliphatic carbocycles. The van der Waals surface area contributed by atoms with Gasteiger partial charge in [0.25, 0.3) is 0 Å². The summed E-state index contributed by atoms with van der Waals surface area (Å²) < 4.78 is 0. The number of unbranched alkanes of at least 4 members (excludes halogenated alkanes) is 2. The van der Waals surface area contributed by atoms with E-state index in [1.165, 1.54) is 0 Å².